The van der Waals surface area contributed by atoms with Crippen LogP contribution in [0.25, 0.3) is 0 Å². The summed E-state index contributed by atoms with van der Waals surface area (Å²) in [6, 6.07) is 0. The lowest BCUT2D eigenvalue weighted by Gasteiger charge is -2.31. The monoisotopic (exact) mass is 222 g/mol. The van der Waals surface area contributed by atoms with Crippen LogP contribution in [0.2, 0.25) is 0 Å². The van der Waals surface area contributed by atoms with Gasteiger partial charge in [-0.3, -0.25) is 4.79 Å². The zero-order valence-corrected chi connectivity index (χ0v) is 9.51. The van der Waals surface area contributed by atoms with Crippen LogP contribution in [0, 0.1) is 11.8 Å². The van der Waals surface area contributed by atoms with E-state index in [1.54, 1.807) is 0 Å². The maximum absolute atomic E-state index is 12.2. The summed E-state index contributed by atoms with van der Waals surface area (Å²) in [5, 5.41) is 2.58. The third-order valence-corrected chi connectivity index (χ3v) is 3.75. The van der Waals surface area contributed by atoms with E-state index < -0.39 is 0 Å². The molecule has 0 aliphatic carbocycles. The normalized spacial score (nSPS) is 27.1. The number of carbonyl (C=O) groups is 1. The zero-order chi connectivity index (χ0) is 11.5. The fourth-order valence-electron chi connectivity index (χ4n) is 2.63. The zero-order valence-electron chi connectivity index (χ0n) is 9.51. The van der Waals surface area contributed by atoms with Crippen molar-refractivity contribution in [3.05, 3.63) is 0 Å². The Balaban J connectivity index is 1.83. The molecule has 0 N–H and O–H groups in total. The van der Waals surface area contributed by atoms with E-state index in [2.05, 4.69) is 0 Å². The summed E-state index contributed by atoms with van der Waals surface area (Å²) in [5.41, 5.74) is 0. The van der Waals surface area contributed by atoms with Gasteiger partial charge in [0.25, 0.3) is 0 Å². The number of nitrogens with zero attached hydrogens (tertiary/aromatic N) is 4. The molecular formula is C11H18N4O. The fourth-order valence-corrected chi connectivity index (χ4v) is 2.63. The topological polar surface area (TPSA) is 68.2 Å². The fraction of sp³-hybridized carbons (Fsp3) is 0.909. The van der Waals surface area contributed by atoms with Gasteiger partial charge in [-0.1, -0.05) is 0 Å². The van der Waals surface area contributed by atoms with Crippen LogP contribution in [0.1, 0.15) is 25.7 Å². The molecule has 2 fully saturated rings. The number of carbonyl (C=O) groups excluding carboxylic acids is 1. The van der Waals surface area contributed by atoms with Crippen molar-refractivity contribution in [2.24, 2.45) is 11.8 Å². The molecule has 0 unspecified atom stereocenters. The van der Waals surface area contributed by atoms with Crippen LogP contribution in [-0.4, -0.2) is 42.0 Å². The number of piperidine rings is 2. The molecule has 2 aliphatic heterocycles. The average molecular weight is 222 g/mol. The predicted molar refractivity (Wildman–Crippen MR) is 57.9 cm³/mol. The number of ketones is 1. The molecule has 5 nitrogen and oxygen atoms in total. The van der Waals surface area contributed by atoms with Gasteiger partial charge in [0.1, 0.15) is 5.78 Å². The van der Waals surface area contributed by atoms with E-state index in [0.29, 0.717) is 32.0 Å². The minimum atomic E-state index is 0.124. The summed E-state index contributed by atoms with van der Waals surface area (Å²) in [5.74, 6) is 19.1. The molecule has 0 atom stereocenters. The van der Waals surface area contributed by atoms with Crippen molar-refractivity contribution < 1.29 is 4.79 Å². The molecule has 0 saturated carbocycles. The van der Waals surface area contributed by atoms with Crippen molar-refractivity contribution in [1.82, 2.24) is 21.7 Å². The summed E-state index contributed by atoms with van der Waals surface area (Å²) in [6.07, 6.45) is 3.09. The Bertz CT molecular complexity index is 218. The molecule has 4 radical (unpaired) electrons. The van der Waals surface area contributed by atoms with Crippen LogP contribution < -0.4 is 11.7 Å². The van der Waals surface area contributed by atoms with Crippen molar-refractivity contribution in [2.45, 2.75) is 25.7 Å². The van der Waals surface area contributed by atoms with E-state index >= 15 is 0 Å². The van der Waals surface area contributed by atoms with Gasteiger partial charge in [0.05, 0.1) is 0 Å². The van der Waals surface area contributed by atoms with E-state index in [0.717, 1.165) is 25.7 Å². The Labute approximate surface area is 96.7 Å². The first kappa shape index (κ1) is 12.0. The van der Waals surface area contributed by atoms with Crippen LogP contribution in [0.15, 0.2) is 0 Å². The summed E-state index contributed by atoms with van der Waals surface area (Å²) < 4.78 is 0. The first-order valence-electron chi connectivity index (χ1n) is 6.08. The van der Waals surface area contributed by atoms with E-state index in [4.69, 9.17) is 0 Å². The van der Waals surface area contributed by atoms with Crippen LogP contribution in [0.4, 0.5) is 0 Å². The predicted octanol–water partition coefficient (Wildman–Crippen LogP) is -0.0531. The van der Waals surface area contributed by atoms with E-state index in [1.165, 1.54) is 10.0 Å². The molecule has 2 saturated heterocycles. The van der Waals surface area contributed by atoms with Gasteiger partial charge in [0.15, 0.2) is 0 Å². The number of hydrogen-bond acceptors (Lipinski definition) is 3. The molecule has 2 rings (SSSR count). The molecule has 0 aromatic carbocycles. The molecule has 16 heavy (non-hydrogen) atoms. The van der Waals surface area contributed by atoms with Crippen LogP contribution in [0.5, 0.6) is 0 Å². The molecule has 0 aromatic heterocycles. The van der Waals surface area contributed by atoms with Crippen molar-refractivity contribution in [3.63, 3.8) is 0 Å². The largest absolute Gasteiger partial charge is 0.299 e. The number of rotatable bonds is 2. The van der Waals surface area contributed by atoms with Gasteiger partial charge < -0.3 is 0 Å². The van der Waals surface area contributed by atoms with E-state index in [1.807, 2.05) is 0 Å². The molecular weight excluding hydrogens is 204 g/mol. The molecule has 0 bridgehead atoms. The third-order valence-electron chi connectivity index (χ3n) is 3.75. The lowest BCUT2D eigenvalue weighted by atomic mass is 9.82. The third kappa shape index (κ3) is 2.79. The van der Waals surface area contributed by atoms with Gasteiger partial charge in [0.2, 0.25) is 0 Å². The molecule has 0 amide bonds. The maximum Gasteiger partial charge on any atom is 0.139 e. The molecule has 2 aliphatic rings. The van der Waals surface area contributed by atoms with Gasteiger partial charge in [-0.15, -0.1) is 0 Å². The summed E-state index contributed by atoms with van der Waals surface area (Å²) in [6.45, 7) is 2.43. The first-order chi connectivity index (χ1) is 7.66. The highest BCUT2D eigenvalue weighted by Gasteiger charge is 2.31. The van der Waals surface area contributed by atoms with Crippen molar-refractivity contribution >= 4 is 5.78 Å². The summed E-state index contributed by atoms with van der Waals surface area (Å²) >= 11 is 0. The maximum atomic E-state index is 12.2. The van der Waals surface area contributed by atoms with Gasteiger partial charge in [-0.05, 0) is 37.4 Å². The molecule has 0 spiro atoms. The Morgan fingerprint density at radius 2 is 1.12 bits per heavy atom. The van der Waals surface area contributed by atoms with E-state index in [-0.39, 0.29) is 11.8 Å². The molecule has 2 heterocycles. The first-order valence-corrected chi connectivity index (χ1v) is 6.08. The lowest BCUT2D eigenvalue weighted by molar-refractivity contribution is -0.129. The standard InChI is InChI=1S/C11H18N4O/c12-14-5-1-9(2-6-14)11(16)10-3-7-15(13)8-4-10/h9-10H,1-8H2. The quantitative estimate of drug-likeness (QED) is 0.657. The Hall–Kier alpha value is -0.490. The smallest absolute Gasteiger partial charge is 0.139 e. The minimum absolute atomic E-state index is 0.124. The Morgan fingerprint density at radius 1 is 0.812 bits per heavy atom. The SMILES string of the molecule is [N]N1CCC(C(=O)C2CCN([N])CC2)CC1. The van der Waals surface area contributed by atoms with E-state index in [9.17, 15) is 16.5 Å². The lowest BCUT2D eigenvalue weighted by Crippen LogP contribution is -2.41. The molecule has 88 valence electrons. The van der Waals surface area contributed by atoms with Gasteiger partial charge in [-0.2, -0.15) is 0 Å². The van der Waals surface area contributed by atoms with Gasteiger partial charge in [-0.25, -0.2) is 10.0 Å². The number of hydrogen-bond donors (Lipinski definition) is 0. The highest BCUT2D eigenvalue weighted by atomic mass is 16.1. The van der Waals surface area contributed by atoms with Gasteiger partial charge in [0, 0.05) is 38.0 Å². The second-order valence-corrected chi connectivity index (χ2v) is 4.86. The van der Waals surface area contributed by atoms with Crippen LogP contribution in [0.3, 0.4) is 0 Å². The van der Waals surface area contributed by atoms with Crippen molar-refractivity contribution in [3.8, 4) is 0 Å². The Kier molecular flexibility index (Phi) is 3.91. The van der Waals surface area contributed by atoms with Crippen LogP contribution in [-0.2, 0) is 4.79 Å². The second kappa shape index (κ2) is 5.23. The average Bonchev–Trinajstić information content (AvgIpc) is 2.30. The minimum Gasteiger partial charge on any atom is -0.299 e. The second-order valence-electron chi connectivity index (χ2n) is 4.86. The summed E-state index contributed by atoms with van der Waals surface area (Å²) in [7, 11) is 0. The number of Topliss-reactive ketones (excluding diaryl/α,β-unsaturated/α-hetero) is 1. The summed E-state index contributed by atoms with van der Waals surface area (Å²) in [4.78, 5) is 12.2. The van der Waals surface area contributed by atoms with Gasteiger partial charge >= 0.3 is 0 Å². The molecule has 5 heteroatoms. The van der Waals surface area contributed by atoms with Crippen molar-refractivity contribution in [2.75, 3.05) is 26.2 Å². The van der Waals surface area contributed by atoms with Crippen molar-refractivity contribution in [1.29, 1.82) is 0 Å². The van der Waals surface area contributed by atoms with Crippen LogP contribution >= 0.6 is 0 Å². The Morgan fingerprint density at radius 3 is 1.44 bits per heavy atom. The molecule has 0 aromatic rings. The highest BCUT2D eigenvalue weighted by molar-refractivity contribution is 5.83. The highest BCUT2D eigenvalue weighted by Crippen LogP contribution is 2.25.